The Bertz CT molecular complexity index is 970. The van der Waals surface area contributed by atoms with Gasteiger partial charge >= 0.3 is 0 Å². The number of piperidine rings is 1. The van der Waals surface area contributed by atoms with Crippen LogP contribution in [0.25, 0.3) is 0 Å². The molecule has 31 heavy (non-hydrogen) atoms. The lowest BCUT2D eigenvalue weighted by molar-refractivity contribution is -0.122. The number of ketones is 1. The number of Topliss-reactive ketones (excluding diaryl/α,β-unsaturated/α-hetero) is 1. The molecular weight excluding hydrogens is 438 g/mol. The van der Waals surface area contributed by atoms with Crippen LogP contribution in [-0.2, 0) is 10.2 Å². The van der Waals surface area contributed by atoms with Gasteiger partial charge in [0.25, 0.3) is 0 Å². The summed E-state index contributed by atoms with van der Waals surface area (Å²) in [7, 11) is 0. The number of anilines is 1. The van der Waals surface area contributed by atoms with E-state index in [9.17, 15) is 14.0 Å². The van der Waals surface area contributed by atoms with Crippen molar-refractivity contribution in [2.75, 3.05) is 31.1 Å². The fraction of sp³-hybridized carbons (Fsp3) is 0.417. The first-order chi connectivity index (χ1) is 14.3. The zero-order valence-electron chi connectivity index (χ0n) is 17.7. The zero-order chi connectivity index (χ0) is 21.5. The largest absolute Gasteiger partial charge is 0.310 e. The highest BCUT2D eigenvalue weighted by Gasteiger charge is 2.43. The SMILES string of the molecule is CC1(C)C(=O)N(CCN2CCC(C(=O)c3ccc(F)cc3)CC2)c2ccc(Cl)cc21.Cl. The van der Waals surface area contributed by atoms with E-state index in [0.29, 0.717) is 17.1 Å². The van der Waals surface area contributed by atoms with Crippen LogP contribution in [0.4, 0.5) is 10.1 Å². The maximum absolute atomic E-state index is 13.1. The van der Waals surface area contributed by atoms with Gasteiger partial charge in [-0.15, -0.1) is 12.4 Å². The van der Waals surface area contributed by atoms with Gasteiger partial charge in [0, 0.05) is 35.3 Å². The second kappa shape index (κ2) is 9.27. The minimum Gasteiger partial charge on any atom is -0.310 e. The van der Waals surface area contributed by atoms with E-state index < -0.39 is 5.41 Å². The number of hydrogen-bond acceptors (Lipinski definition) is 3. The molecule has 0 N–H and O–H groups in total. The van der Waals surface area contributed by atoms with Gasteiger partial charge in [-0.2, -0.15) is 0 Å². The van der Waals surface area contributed by atoms with Crippen molar-refractivity contribution in [2.24, 2.45) is 5.92 Å². The third kappa shape index (κ3) is 4.64. The lowest BCUT2D eigenvalue weighted by atomic mass is 9.86. The van der Waals surface area contributed by atoms with Gasteiger partial charge in [0.05, 0.1) is 5.41 Å². The van der Waals surface area contributed by atoms with E-state index in [0.717, 1.165) is 43.7 Å². The predicted octanol–water partition coefficient (Wildman–Crippen LogP) is 5.12. The predicted molar refractivity (Wildman–Crippen MR) is 124 cm³/mol. The van der Waals surface area contributed by atoms with Crippen LogP contribution in [0, 0.1) is 11.7 Å². The van der Waals surface area contributed by atoms with Crippen molar-refractivity contribution >= 4 is 41.4 Å². The molecule has 0 aromatic heterocycles. The summed E-state index contributed by atoms with van der Waals surface area (Å²) in [6.45, 7) is 6.90. The van der Waals surface area contributed by atoms with Gasteiger partial charge in [0.15, 0.2) is 5.78 Å². The summed E-state index contributed by atoms with van der Waals surface area (Å²) in [6.07, 6.45) is 1.56. The molecule has 2 aliphatic rings. The Balaban J connectivity index is 0.00000272. The van der Waals surface area contributed by atoms with E-state index in [1.807, 2.05) is 36.9 Å². The van der Waals surface area contributed by atoms with Crippen molar-refractivity contribution in [1.82, 2.24) is 4.90 Å². The lowest BCUT2D eigenvalue weighted by Crippen LogP contribution is -2.43. The Hall–Kier alpha value is -1.95. The van der Waals surface area contributed by atoms with Crippen molar-refractivity contribution in [3.63, 3.8) is 0 Å². The molecule has 0 spiro atoms. The smallest absolute Gasteiger partial charge is 0.237 e. The van der Waals surface area contributed by atoms with Crippen molar-refractivity contribution in [3.05, 3.63) is 64.4 Å². The molecule has 0 saturated carbocycles. The van der Waals surface area contributed by atoms with Crippen molar-refractivity contribution in [2.45, 2.75) is 32.1 Å². The minimum atomic E-state index is -0.575. The van der Waals surface area contributed by atoms with Crippen LogP contribution in [-0.4, -0.2) is 42.8 Å². The molecule has 1 saturated heterocycles. The van der Waals surface area contributed by atoms with Crippen LogP contribution in [0.5, 0.6) is 0 Å². The Morgan fingerprint density at radius 1 is 1.10 bits per heavy atom. The standard InChI is InChI=1S/C24H26ClFN2O2.ClH/c1-24(2)20-15-18(25)5-8-21(20)28(23(24)30)14-13-27-11-9-17(10-12-27)22(29)16-3-6-19(26)7-4-16;/h3-8,15,17H,9-14H2,1-2H3;1H. The van der Waals surface area contributed by atoms with E-state index in [1.54, 1.807) is 12.1 Å². The average molecular weight is 465 g/mol. The number of nitrogens with zero attached hydrogens (tertiary/aromatic N) is 2. The second-order valence-electron chi connectivity index (χ2n) is 8.73. The number of hydrogen-bond donors (Lipinski definition) is 0. The van der Waals surface area contributed by atoms with E-state index in [2.05, 4.69) is 4.90 Å². The topological polar surface area (TPSA) is 40.6 Å². The van der Waals surface area contributed by atoms with Crippen LogP contribution in [0.3, 0.4) is 0 Å². The number of likely N-dealkylation sites (tertiary alicyclic amines) is 1. The number of fused-ring (bicyclic) bond motifs is 1. The van der Waals surface area contributed by atoms with Crippen LogP contribution < -0.4 is 4.90 Å². The van der Waals surface area contributed by atoms with Gasteiger partial charge in [-0.3, -0.25) is 9.59 Å². The Morgan fingerprint density at radius 3 is 2.39 bits per heavy atom. The molecule has 2 aliphatic heterocycles. The number of carbonyl (C=O) groups excluding carboxylic acids is 2. The molecule has 0 atom stereocenters. The molecule has 0 radical (unpaired) electrons. The zero-order valence-corrected chi connectivity index (χ0v) is 19.3. The maximum Gasteiger partial charge on any atom is 0.237 e. The number of carbonyl (C=O) groups is 2. The first-order valence-electron chi connectivity index (χ1n) is 10.4. The number of rotatable bonds is 5. The highest BCUT2D eigenvalue weighted by molar-refractivity contribution is 6.31. The summed E-state index contributed by atoms with van der Waals surface area (Å²) in [4.78, 5) is 29.8. The summed E-state index contributed by atoms with van der Waals surface area (Å²) < 4.78 is 13.1. The summed E-state index contributed by atoms with van der Waals surface area (Å²) >= 11 is 6.15. The molecule has 0 bridgehead atoms. The summed E-state index contributed by atoms with van der Waals surface area (Å²) in [5.74, 6) is -0.162. The van der Waals surface area contributed by atoms with Gasteiger partial charge in [0.2, 0.25) is 5.91 Å². The van der Waals surface area contributed by atoms with Gasteiger partial charge in [-0.1, -0.05) is 11.6 Å². The van der Waals surface area contributed by atoms with E-state index in [4.69, 9.17) is 11.6 Å². The molecule has 0 aliphatic carbocycles. The average Bonchev–Trinajstić information content (AvgIpc) is 2.92. The molecule has 4 rings (SSSR count). The van der Waals surface area contributed by atoms with E-state index >= 15 is 0 Å². The van der Waals surface area contributed by atoms with Crippen molar-refractivity contribution in [3.8, 4) is 0 Å². The summed E-state index contributed by atoms with van der Waals surface area (Å²) in [5.41, 5.74) is 1.92. The van der Waals surface area contributed by atoms with Crippen LogP contribution in [0.1, 0.15) is 42.6 Å². The normalized spacial score (nSPS) is 18.6. The van der Waals surface area contributed by atoms with Gasteiger partial charge in [-0.05, 0) is 87.8 Å². The molecule has 2 aromatic carbocycles. The lowest BCUT2D eigenvalue weighted by Gasteiger charge is -2.32. The fourth-order valence-corrected chi connectivity index (χ4v) is 4.71. The summed E-state index contributed by atoms with van der Waals surface area (Å²) in [5, 5.41) is 0.643. The van der Waals surface area contributed by atoms with Gasteiger partial charge in [-0.25, -0.2) is 4.39 Å². The highest BCUT2D eigenvalue weighted by Crippen LogP contribution is 2.42. The Labute approximate surface area is 193 Å². The molecule has 2 heterocycles. The van der Waals surface area contributed by atoms with Crippen LogP contribution >= 0.6 is 24.0 Å². The first-order valence-corrected chi connectivity index (χ1v) is 10.8. The van der Waals surface area contributed by atoms with E-state index in [-0.39, 0.29) is 35.8 Å². The first kappa shape index (κ1) is 23.7. The monoisotopic (exact) mass is 464 g/mol. The number of halogens is 3. The maximum atomic E-state index is 13.1. The third-order valence-corrected chi connectivity index (χ3v) is 6.66. The second-order valence-corrected chi connectivity index (χ2v) is 9.17. The quantitative estimate of drug-likeness (QED) is 0.576. The molecule has 1 amide bonds. The van der Waals surface area contributed by atoms with Crippen LogP contribution in [0.2, 0.25) is 5.02 Å². The number of benzene rings is 2. The highest BCUT2D eigenvalue weighted by atomic mass is 35.5. The molecule has 4 nitrogen and oxygen atoms in total. The third-order valence-electron chi connectivity index (χ3n) is 6.43. The Morgan fingerprint density at radius 2 is 1.74 bits per heavy atom. The van der Waals surface area contributed by atoms with E-state index in [1.165, 1.54) is 12.1 Å². The minimum absolute atomic E-state index is 0. The number of amides is 1. The van der Waals surface area contributed by atoms with Crippen molar-refractivity contribution < 1.29 is 14.0 Å². The van der Waals surface area contributed by atoms with Gasteiger partial charge < -0.3 is 9.80 Å². The molecule has 166 valence electrons. The molecule has 2 aromatic rings. The van der Waals surface area contributed by atoms with Gasteiger partial charge in [0.1, 0.15) is 5.82 Å². The molecular formula is C24H27Cl2FN2O2. The summed E-state index contributed by atoms with van der Waals surface area (Å²) in [6, 6.07) is 11.4. The molecule has 0 unspecified atom stereocenters. The Kier molecular flexibility index (Phi) is 7.09. The van der Waals surface area contributed by atoms with Crippen LogP contribution in [0.15, 0.2) is 42.5 Å². The molecule has 7 heteroatoms. The molecule has 1 fully saturated rings. The van der Waals surface area contributed by atoms with Crippen molar-refractivity contribution in [1.29, 1.82) is 0 Å². The fourth-order valence-electron chi connectivity index (χ4n) is 4.54.